The van der Waals surface area contributed by atoms with Crippen LogP contribution in [0.1, 0.15) is 17.3 Å². The molecule has 1 aromatic rings. The third-order valence-electron chi connectivity index (χ3n) is 3.37. The van der Waals surface area contributed by atoms with Crippen LogP contribution in [0.2, 0.25) is 0 Å². The molecule has 3 amide bonds. The van der Waals surface area contributed by atoms with Crippen LogP contribution in [-0.4, -0.2) is 31.0 Å². The summed E-state index contributed by atoms with van der Waals surface area (Å²) in [7, 11) is 1.62. The summed E-state index contributed by atoms with van der Waals surface area (Å²) in [5.41, 5.74) is 1.69. The van der Waals surface area contributed by atoms with Gasteiger partial charge >= 0.3 is 6.03 Å². The summed E-state index contributed by atoms with van der Waals surface area (Å²) in [4.78, 5) is 40.7. The number of nitrogens with zero attached hydrogens (tertiary/aromatic N) is 2. The minimum absolute atomic E-state index is 0.0855. The minimum Gasteiger partial charge on any atom is -0.302 e. The van der Waals surface area contributed by atoms with E-state index in [0.717, 1.165) is 4.90 Å². The number of urea groups is 1. The first-order chi connectivity index (χ1) is 11.5. The second-order valence-electron chi connectivity index (χ2n) is 5.01. The molecule has 0 unspecified atom stereocenters. The van der Waals surface area contributed by atoms with Gasteiger partial charge in [0.25, 0.3) is 5.91 Å². The lowest BCUT2D eigenvalue weighted by atomic mass is 10.1. The van der Waals surface area contributed by atoms with Gasteiger partial charge in [-0.3, -0.25) is 14.6 Å². The maximum absolute atomic E-state index is 12.5. The van der Waals surface area contributed by atoms with Crippen molar-refractivity contribution in [1.82, 2.24) is 5.32 Å². The van der Waals surface area contributed by atoms with Gasteiger partial charge in [-0.05, 0) is 48.9 Å². The van der Waals surface area contributed by atoms with Crippen molar-refractivity contribution in [2.24, 2.45) is 4.99 Å². The fourth-order valence-electron chi connectivity index (χ4n) is 2.12. The molecule has 122 valence electrons. The van der Waals surface area contributed by atoms with Crippen molar-refractivity contribution < 1.29 is 14.4 Å². The van der Waals surface area contributed by atoms with Crippen LogP contribution < -0.4 is 10.2 Å². The van der Waals surface area contributed by atoms with Crippen LogP contribution in [0.15, 0.2) is 65.3 Å². The number of ketones is 1. The number of amides is 3. The second-order valence-corrected chi connectivity index (χ2v) is 5.01. The molecular formula is C18H17N3O3. The number of anilines is 1. The topological polar surface area (TPSA) is 78.8 Å². The Hall–Kier alpha value is -3.28. The number of carbonyl (C=O) groups is 3. The van der Waals surface area contributed by atoms with E-state index in [-0.39, 0.29) is 11.5 Å². The Bertz CT molecular complexity index is 786. The first kappa shape index (κ1) is 17.1. The summed E-state index contributed by atoms with van der Waals surface area (Å²) in [6.45, 7) is 5.11. The maximum atomic E-state index is 12.5. The molecular weight excluding hydrogens is 306 g/mol. The highest BCUT2D eigenvalue weighted by Gasteiger charge is 2.34. The number of rotatable bonds is 5. The molecule has 1 N–H and O–H groups in total. The lowest BCUT2D eigenvalue weighted by molar-refractivity contribution is -0.113. The summed E-state index contributed by atoms with van der Waals surface area (Å²) in [6.07, 6.45) is 6.31. The van der Waals surface area contributed by atoms with Gasteiger partial charge in [0, 0.05) is 18.8 Å². The number of benzene rings is 1. The van der Waals surface area contributed by atoms with Crippen LogP contribution >= 0.6 is 0 Å². The van der Waals surface area contributed by atoms with Gasteiger partial charge in [0.05, 0.1) is 5.69 Å². The summed E-state index contributed by atoms with van der Waals surface area (Å²) >= 11 is 0. The Labute approximate surface area is 139 Å². The molecule has 0 aromatic heterocycles. The van der Waals surface area contributed by atoms with Gasteiger partial charge in [-0.1, -0.05) is 12.7 Å². The van der Waals surface area contributed by atoms with Crippen LogP contribution in [0.4, 0.5) is 10.5 Å². The molecule has 0 radical (unpaired) electrons. The first-order valence-electron chi connectivity index (χ1n) is 7.21. The van der Waals surface area contributed by atoms with Crippen LogP contribution in [0.3, 0.4) is 0 Å². The van der Waals surface area contributed by atoms with E-state index in [1.807, 2.05) is 0 Å². The fourth-order valence-corrected chi connectivity index (χ4v) is 2.12. The van der Waals surface area contributed by atoms with Crippen LogP contribution in [0, 0.1) is 0 Å². The van der Waals surface area contributed by atoms with Crippen molar-refractivity contribution in [3.63, 3.8) is 0 Å². The average Bonchev–Trinajstić information content (AvgIpc) is 2.85. The molecule has 2 rings (SSSR count). The number of hydrogen-bond donors (Lipinski definition) is 1. The highest BCUT2D eigenvalue weighted by Crippen LogP contribution is 2.22. The zero-order chi connectivity index (χ0) is 17.7. The van der Waals surface area contributed by atoms with Crippen molar-refractivity contribution in [3.8, 4) is 0 Å². The monoisotopic (exact) mass is 323 g/mol. The molecule has 0 bridgehead atoms. The Morgan fingerprint density at radius 1 is 1.25 bits per heavy atom. The van der Waals surface area contributed by atoms with E-state index in [0.29, 0.717) is 16.8 Å². The number of nitrogens with one attached hydrogen (secondary N) is 1. The number of imide groups is 1. The predicted molar refractivity (Wildman–Crippen MR) is 93.2 cm³/mol. The molecule has 0 aliphatic carbocycles. The molecule has 1 aliphatic heterocycles. The molecule has 1 aliphatic rings. The molecule has 0 spiro atoms. The largest absolute Gasteiger partial charge is 0.333 e. The minimum atomic E-state index is -0.547. The van der Waals surface area contributed by atoms with E-state index in [9.17, 15) is 14.4 Å². The summed E-state index contributed by atoms with van der Waals surface area (Å²) < 4.78 is 0. The number of hydrogen-bond acceptors (Lipinski definition) is 4. The molecule has 6 nitrogen and oxygen atoms in total. The number of carbonyl (C=O) groups excluding carboxylic acids is 3. The molecule has 0 atom stereocenters. The van der Waals surface area contributed by atoms with Crippen molar-refractivity contribution in [1.29, 1.82) is 0 Å². The molecule has 24 heavy (non-hydrogen) atoms. The van der Waals surface area contributed by atoms with E-state index in [1.165, 1.54) is 13.0 Å². The Balaban J connectivity index is 2.31. The normalized spacial score (nSPS) is 16.8. The highest BCUT2D eigenvalue weighted by atomic mass is 16.2. The van der Waals surface area contributed by atoms with Crippen molar-refractivity contribution in [2.45, 2.75) is 6.92 Å². The number of allylic oxidation sites excluding steroid dienone is 4. The van der Waals surface area contributed by atoms with E-state index < -0.39 is 11.9 Å². The molecule has 1 aromatic carbocycles. The standard InChI is InChI=1S/C18H17N3O3/c1-4-13(9-10-19-3)11-16-17(23)21(18(24)20-16)15-7-5-14(6-8-15)12(2)22/h4-11H,1H2,2-3H3,(H,20,24). The van der Waals surface area contributed by atoms with E-state index in [1.54, 1.807) is 49.7 Å². The molecule has 6 heteroatoms. The van der Waals surface area contributed by atoms with Gasteiger partial charge in [-0.2, -0.15) is 0 Å². The quantitative estimate of drug-likeness (QED) is 0.297. The number of aliphatic imine (C=N–C) groups is 1. The van der Waals surface area contributed by atoms with Crippen molar-refractivity contribution in [3.05, 3.63) is 65.9 Å². The van der Waals surface area contributed by atoms with Gasteiger partial charge < -0.3 is 5.32 Å². The summed E-state index contributed by atoms with van der Waals surface area (Å²) in [6, 6.07) is 5.73. The van der Waals surface area contributed by atoms with Gasteiger partial charge in [0.2, 0.25) is 0 Å². The molecule has 0 saturated carbocycles. The molecule has 1 fully saturated rings. The average molecular weight is 323 g/mol. The SMILES string of the molecule is C=CC(=CC=NC)C=C1NC(=O)N(c2ccc(C(C)=O)cc2)C1=O. The highest BCUT2D eigenvalue weighted by molar-refractivity contribution is 6.27. The zero-order valence-corrected chi connectivity index (χ0v) is 13.4. The van der Waals surface area contributed by atoms with Crippen molar-refractivity contribution >= 4 is 29.6 Å². The summed E-state index contributed by atoms with van der Waals surface area (Å²) in [5.74, 6) is -0.561. The first-order valence-corrected chi connectivity index (χ1v) is 7.21. The van der Waals surface area contributed by atoms with Gasteiger partial charge in [-0.25, -0.2) is 9.69 Å². The Morgan fingerprint density at radius 2 is 1.92 bits per heavy atom. The van der Waals surface area contributed by atoms with Crippen LogP contribution in [0.25, 0.3) is 0 Å². The molecule has 1 saturated heterocycles. The Kier molecular flexibility index (Phi) is 5.21. The van der Waals surface area contributed by atoms with E-state index in [2.05, 4.69) is 16.9 Å². The number of Topliss-reactive ketones (excluding diaryl/α,β-unsaturated/α-hetero) is 1. The fraction of sp³-hybridized carbons (Fsp3) is 0.111. The maximum Gasteiger partial charge on any atom is 0.333 e. The summed E-state index contributed by atoms with van der Waals surface area (Å²) in [5, 5.41) is 2.53. The van der Waals surface area contributed by atoms with Gasteiger partial charge in [-0.15, -0.1) is 0 Å². The van der Waals surface area contributed by atoms with Crippen molar-refractivity contribution in [2.75, 3.05) is 11.9 Å². The second kappa shape index (κ2) is 7.32. The van der Waals surface area contributed by atoms with Crippen LogP contribution in [-0.2, 0) is 4.79 Å². The van der Waals surface area contributed by atoms with E-state index >= 15 is 0 Å². The third-order valence-corrected chi connectivity index (χ3v) is 3.37. The third kappa shape index (κ3) is 3.55. The van der Waals surface area contributed by atoms with E-state index in [4.69, 9.17) is 0 Å². The molecule has 1 heterocycles. The van der Waals surface area contributed by atoms with Gasteiger partial charge in [0.15, 0.2) is 5.78 Å². The lowest BCUT2D eigenvalue weighted by Crippen LogP contribution is -2.30. The predicted octanol–water partition coefficient (Wildman–Crippen LogP) is 2.64. The lowest BCUT2D eigenvalue weighted by Gasteiger charge is -2.11. The Morgan fingerprint density at radius 3 is 2.46 bits per heavy atom. The zero-order valence-electron chi connectivity index (χ0n) is 13.4. The van der Waals surface area contributed by atoms with Gasteiger partial charge in [0.1, 0.15) is 5.70 Å². The van der Waals surface area contributed by atoms with Crippen LogP contribution in [0.5, 0.6) is 0 Å². The smallest absolute Gasteiger partial charge is 0.302 e.